The number of ether oxygens (including phenoxy) is 2. The number of aliphatic carboxylic acids is 1. The summed E-state index contributed by atoms with van der Waals surface area (Å²) >= 11 is 0. The largest absolute Gasteiger partial charge is 0.490 e. The van der Waals surface area contributed by atoms with Crippen molar-refractivity contribution < 1.29 is 27.8 Å². The molecule has 2 N–H and O–H groups in total. The van der Waals surface area contributed by atoms with Gasteiger partial charge in [-0.3, -0.25) is 4.79 Å². The summed E-state index contributed by atoms with van der Waals surface area (Å²) in [4.78, 5) is 10.7. The van der Waals surface area contributed by atoms with Gasteiger partial charge >= 0.3 is 5.97 Å². The summed E-state index contributed by atoms with van der Waals surface area (Å²) in [6.45, 7) is 2.23. The summed E-state index contributed by atoms with van der Waals surface area (Å²) in [5, 5.41) is 8.77. The zero-order valence-electron chi connectivity index (χ0n) is 11.5. The van der Waals surface area contributed by atoms with Gasteiger partial charge in [0.1, 0.15) is 0 Å². The van der Waals surface area contributed by atoms with Crippen molar-refractivity contribution in [3.63, 3.8) is 0 Å². The molecule has 2 rings (SSSR count). The Hall–Kier alpha value is -1.80. The highest BCUT2D eigenvalue weighted by Gasteiger charge is 2.20. The molecule has 21 heavy (non-hydrogen) atoms. The number of sulfonamides is 1. The molecule has 0 radical (unpaired) electrons. The Morgan fingerprint density at radius 2 is 2.00 bits per heavy atom. The number of fused-ring (bicyclic) bond motifs is 1. The maximum atomic E-state index is 12.1. The summed E-state index contributed by atoms with van der Waals surface area (Å²) in [5.74, 6) is -0.983. The molecule has 0 spiro atoms. The predicted molar refractivity (Wildman–Crippen MR) is 74.0 cm³/mol. The van der Waals surface area contributed by atoms with Gasteiger partial charge in [-0.25, -0.2) is 13.1 Å². The van der Waals surface area contributed by atoms with E-state index in [1.807, 2.05) is 0 Å². The lowest BCUT2D eigenvalue weighted by Gasteiger charge is -2.12. The minimum Gasteiger partial charge on any atom is -0.490 e. The molecular weight excluding hydrogens is 298 g/mol. The second-order valence-corrected chi connectivity index (χ2v) is 6.52. The van der Waals surface area contributed by atoms with E-state index in [9.17, 15) is 13.2 Å². The molecule has 0 amide bonds. The van der Waals surface area contributed by atoms with Crippen LogP contribution in [0.4, 0.5) is 0 Å². The SMILES string of the molecule is CC(CNS(=O)(=O)c1ccc2c(c1)OCCCO2)C(=O)O. The first-order valence-corrected chi connectivity index (χ1v) is 8.00. The first-order valence-electron chi connectivity index (χ1n) is 6.52. The second kappa shape index (κ2) is 6.31. The number of hydrogen-bond donors (Lipinski definition) is 2. The fraction of sp³-hybridized carbons (Fsp3) is 0.462. The molecule has 8 heteroatoms. The van der Waals surface area contributed by atoms with Gasteiger partial charge in [-0.1, -0.05) is 6.92 Å². The average molecular weight is 315 g/mol. The van der Waals surface area contributed by atoms with Crippen LogP contribution in [0.25, 0.3) is 0 Å². The van der Waals surface area contributed by atoms with Crippen molar-refractivity contribution in [2.75, 3.05) is 19.8 Å². The molecule has 1 aliphatic rings. The normalized spacial score (nSPS) is 16.0. The van der Waals surface area contributed by atoms with Crippen LogP contribution < -0.4 is 14.2 Å². The molecule has 7 nitrogen and oxygen atoms in total. The van der Waals surface area contributed by atoms with Crippen LogP contribution in [0, 0.1) is 5.92 Å². The molecule has 0 saturated heterocycles. The fourth-order valence-electron chi connectivity index (χ4n) is 1.72. The highest BCUT2D eigenvalue weighted by molar-refractivity contribution is 7.89. The van der Waals surface area contributed by atoms with Gasteiger partial charge in [0.05, 0.1) is 24.0 Å². The van der Waals surface area contributed by atoms with Crippen LogP contribution in [0.3, 0.4) is 0 Å². The monoisotopic (exact) mass is 315 g/mol. The van der Waals surface area contributed by atoms with Gasteiger partial charge < -0.3 is 14.6 Å². The Balaban J connectivity index is 2.16. The zero-order chi connectivity index (χ0) is 15.5. The van der Waals surface area contributed by atoms with E-state index in [1.165, 1.54) is 25.1 Å². The Morgan fingerprint density at radius 1 is 1.33 bits per heavy atom. The number of carboxylic acids is 1. The second-order valence-electron chi connectivity index (χ2n) is 4.75. The van der Waals surface area contributed by atoms with E-state index in [2.05, 4.69) is 4.72 Å². The number of rotatable bonds is 5. The van der Waals surface area contributed by atoms with E-state index in [4.69, 9.17) is 14.6 Å². The molecule has 0 bridgehead atoms. The van der Waals surface area contributed by atoms with Crippen molar-refractivity contribution in [2.24, 2.45) is 5.92 Å². The number of carbonyl (C=O) groups is 1. The fourth-order valence-corrected chi connectivity index (χ4v) is 2.86. The quantitative estimate of drug-likeness (QED) is 0.835. The molecular formula is C13H17NO6S. The van der Waals surface area contributed by atoms with Crippen LogP contribution in [0.2, 0.25) is 0 Å². The molecule has 0 saturated carbocycles. The molecule has 0 aliphatic carbocycles. The van der Waals surface area contributed by atoms with Crippen LogP contribution in [0.1, 0.15) is 13.3 Å². The Morgan fingerprint density at radius 3 is 2.67 bits per heavy atom. The van der Waals surface area contributed by atoms with Crippen LogP contribution in [-0.4, -0.2) is 39.3 Å². The summed E-state index contributed by atoms with van der Waals surface area (Å²) in [5.41, 5.74) is 0. The summed E-state index contributed by atoms with van der Waals surface area (Å²) in [7, 11) is -3.78. The minimum atomic E-state index is -3.78. The summed E-state index contributed by atoms with van der Waals surface area (Å²) < 4.78 is 37.4. The van der Waals surface area contributed by atoms with Gasteiger partial charge in [0.25, 0.3) is 0 Å². The van der Waals surface area contributed by atoms with Crippen molar-refractivity contribution in [2.45, 2.75) is 18.2 Å². The van der Waals surface area contributed by atoms with E-state index < -0.39 is 21.9 Å². The smallest absolute Gasteiger partial charge is 0.307 e. The number of nitrogens with one attached hydrogen (secondary N) is 1. The molecule has 1 aliphatic heterocycles. The van der Waals surface area contributed by atoms with Crippen molar-refractivity contribution in [1.29, 1.82) is 0 Å². The van der Waals surface area contributed by atoms with E-state index in [0.717, 1.165) is 6.42 Å². The van der Waals surface area contributed by atoms with Crippen molar-refractivity contribution in [1.82, 2.24) is 4.72 Å². The van der Waals surface area contributed by atoms with Gasteiger partial charge in [-0.15, -0.1) is 0 Å². The lowest BCUT2D eigenvalue weighted by Crippen LogP contribution is -2.31. The van der Waals surface area contributed by atoms with E-state index in [0.29, 0.717) is 24.7 Å². The molecule has 1 aromatic carbocycles. The summed E-state index contributed by atoms with van der Waals surface area (Å²) in [6.07, 6.45) is 0.727. The van der Waals surface area contributed by atoms with Crippen LogP contribution in [0.15, 0.2) is 23.1 Å². The summed E-state index contributed by atoms with van der Waals surface area (Å²) in [6, 6.07) is 4.32. The molecule has 116 valence electrons. The predicted octanol–water partition coefficient (Wildman–Crippen LogP) is 0.847. The maximum Gasteiger partial charge on any atom is 0.307 e. The lowest BCUT2D eigenvalue weighted by molar-refractivity contribution is -0.140. The van der Waals surface area contributed by atoms with Gasteiger partial charge in [-0.2, -0.15) is 0 Å². The molecule has 1 heterocycles. The first kappa shape index (κ1) is 15.6. The van der Waals surface area contributed by atoms with Crippen LogP contribution >= 0.6 is 0 Å². The third-order valence-electron chi connectivity index (χ3n) is 3.03. The van der Waals surface area contributed by atoms with Crippen LogP contribution in [-0.2, 0) is 14.8 Å². The Labute approximate surface area is 122 Å². The highest BCUT2D eigenvalue weighted by atomic mass is 32.2. The molecule has 0 aromatic heterocycles. The maximum absolute atomic E-state index is 12.1. The zero-order valence-corrected chi connectivity index (χ0v) is 12.4. The molecule has 1 unspecified atom stereocenters. The standard InChI is InChI=1S/C13H17NO6S/c1-9(13(15)16)8-14-21(17,18)10-3-4-11-12(7-10)20-6-2-5-19-11/h3-4,7,9,14H,2,5-6,8H2,1H3,(H,15,16). The Bertz CT molecular complexity index is 628. The number of carboxylic acid groups (broad SMARTS) is 1. The molecule has 0 fully saturated rings. The molecule has 1 atom stereocenters. The van der Waals surface area contributed by atoms with E-state index in [1.54, 1.807) is 0 Å². The van der Waals surface area contributed by atoms with Crippen molar-refractivity contribution >= 4 is 16.0 Å². The van der Waals surface area contributed by atoms with Crippen molar-refractivity contribution in [3.8, 4) is 11.5 Å². The highest BCUT2D eigenvalue weighted by Crippen LogP contribution is 2.31. The minimum absolute atomic E-state index is 0.0179. The van der Waals surface area contributed by atoms with Crippen LogP contribution in [0.5, 0.6) is 11.5 Å². The topological polar surface area (TPSA) is 102 Å². The lowest BCUT2D eigenvalue weighted by atomic mass is 10.2. The van der Waals surface area contributed by atoms with Gasteiger partial charge in [0.15, 0.2) is 11.5 Å². The Kier molecular flexibility index (Phi) is 4.69. The first-order chi connectivity index (χ1) is 9.90. The number of benzene rings is 1. The van der Waals surface area contributed by atoms with Gasteiger partial charge in [0.2, 0.25) is 10.0 Å². The third-order valence-corrected chi connectivity index (χ3v) is 4.45. The van der Waals surface area contributed by atoms with Gasteiger partial charge in [0, 0.05) is 19.0 Å². The number of hydrogen-bond acceptors (Lipinski definition) is 5. The van der Waals surface area contributed by atoms with E-state index in [-0.39, 0.29) is 11.4 Å². The third kappa shape index (κ3) is 3.85. The molecule has 1 aromatic rings. The van der Waals surface area contributed by atoms with E-state index >= 15 is 0 Å². The average Bonchev–Trinajstić information content (AvgIpc) is 2.69. The van der Waals surface area contributed by atoms with Crippen molar-refractivity contribution in [3.05, 3.63) is 18.2 Å². The van der Waals surface area contributed by atoms with Gasteiger partial charge in [-0.05, 0) is 12.1 Å².